The third-order valence-electron chi connectivity index (χ3n) is 3.24. The Balaban J connectivity index is 2.12. The number of hydrogen-bond acceptors (Lipinski definition) is 1. The quantitative estimate of drug-likeness (QED) is 0.684. The molecule has 3 rings (SSSR count). The van der Waals surface area contributed by atoms with E-state index in [9.17, 15) is 0 Å². The molecule has 0 bridgehead atoms. The zero-order valence-electron chi connectivity index (χ0n) is 10.4. The van der Waals surface area contributed by atoms with Gasteiger partial charge in [0.25, 0.3) is 0 Å². The number of hydrogen-bond donors (Lipinski definition) is 1. The van der Waals surface area contributed by atoms with Gasteiger partial charge in [0.15, 0.2) is 0 Å². The molecule has 1 N–H and O–H groups in total. The van der Waals surface area contributed by atoms with E-state index < -0.39 is 0 Å². The molecule has 0 fully saturated rings. The average molecular weight is 233 g/mol. The van der Waals surface area contributed by atoms with E-state index >= 15 is 0 Å². The van der Waals surface area contributed by atoms with Crippen LogP contribution in [0.25, 0.3) is 21.9 Å². The number of rotatable bonds is 2. The van der Waals surface area contributed by atoms with Crippen molar-refractivity contribution in [1.29, 1.82) is 0 Å². The Kier molecular flexibility index (Phi) is 2.73. The lowest BCUT2D eigenvalue weighted by Gasteiger charge is -2.06. The molecular formula is C17H15N. The third-order valence-corrected chi connectivity index (χ3v) is 3.24. The van der Waals surface area contributed by atoms with E-state index in [0.717, 1.165) is 5.69 Å². The monoisotopic (exact) mass is 233 g/mol. The Morgan fingerprint density at radius 1 is 0.667 bits per heavy atom. The molecule has 0 radical (unpaired) electrons. The molecule has 0 amide bonds. The Labute approximate surface area is 107 Å². The van der Waals surface area contributed by atoms with Gasteiger partial charge in [0.05, 0.1) is 0 Å². The lowest BCUT2D eigenvalue weighted by molar-refractivity contribution is 1.53. The summed E-state index contributed by atoms with van der Waals surface area (Å²) >= 11 is 0. The van der Waals surface area contributed by atoms with E-state index in [1.54, 1.807) is 0 Å². The molecule has 0 saturated carbocycles. The van der Waals surface area contributed by atoms with E-state index in [-0.39, 0.29) is 0 Å². The first-order chi connectivity index (χ1) is 8.86. The van der Waals surface area contributed by atoms with Crippen molar-refractivity contribution < 1.29 is 0 Å². The van der Waals surface area contributed by atoms with Gasteiger partial charge < -0.3 is 5.32 Å². The minimum Gasteiger partial charge on any atom is -0.388 e. The van der Waals surface area contributed by atoms with Crippen LogP contribution in [0.5, 0.6) is 0 Å². The topological polar surface area (TPSA) is 12.0 Å². The summed E-state index contributed by atoms with van der Waals surface area (Å²) in [4.78, 5) is 0. The summed E-state index contributed by atoms with van der Waals surface area (Å²) in [7, 11) is 1.94. The van der Waals surface area contributed by atoms with Crippen LogP contribution in [0.3, 0.4) is 0 Å². The summed E-state index contributed by atoms with van der Waals surface area (Å²) in [5.41, 5.74) is 3.67. The van der Waals surface area contributed by atoms with Gasteiger partial charge in [-0.3, -0.25) is 0 Å². The van der Waals surface area contributed by atoms with Crippen LogP contribution in [0, 0.1) is 0 Å². The van der Waals surface area contributed by atoms with E-state index in [1.807, 2.05) is 13.1 Å². The Bertz CT molecular complexity index is 672. The van der Waals surface area contributed by atoms with Crippen LogP contribution >= 0.6 is 0 Å². The van der Waals surface area contributed by atoms with Gasteiger partial charge in [-0.2, -0.15) is 0 Å². The fraction of sp³-hybridized carbons (Fsp3) is 0.0588. The van der Waals surface area contributed by atoms with Crippen LogP contribution in [0.1, 0.15) is 0 Å². The molecule has 0 heterocycles. The lowest BCUT2D eigenvalue weighted by atomic mass is 10.0. The summed E-state index contributed by atoms with van der Waals surface area (Å²) in [5.74, 6) is 0. The van der Waals surface area contributed by atoms with Crippen molar-refractivity contribution in [1.82, 2.24) is 0 Å². The maximum absolute atomic E-state index is 3.17. The molecule has 0 aliphatic rings. The second-order valence-electron chi connectivity index (χ2n) is 4.39. The second kappa shape index (κ2) is 4.53. The highest BCUT2D eigenvalue weighted by atomic mass is 14.8. The standard InChI is InChI=1S/C17H15N/c1-18-17-10-9-15-11-14(7-8-16(15)12-17)13-5-3-2-4-6-13/h2-12,18H,1H3. The van der Waals surface area contributed by atoms with Crippen molar-refractivity contribution in [3.8, 4) is 11.1 Å². The first-order valence-corrected chi connectivity index (χ1v) is 6.14. The molecule has 0 aromatic heterocycles. The molecule has 0 unspecified atom stereocenters. The van der Waals surface area contributed by atoms with Gasteiger partial charge in [0.2, 0.25) is 0 Å². The van der Waals surface area contributed by atoms with E-state index in [1.165, 1.54) is 21.9 Å². The smallest absolute Gasteiger partial charge is 0.0343 e. The lowest BCUT2D eigenvalue weighted by Crippen LogP contribution is -1.87. The first kappa shape index (κ1) is 10.8. The Hall–Kier alpha value is -2.28. The summed E-state index contributed by atoms with van der Waals surface area (Å²) in [5, 5.41) is 5.70. The van der Waals surface area contributed by atoms with Crippen molar-refractivity contribution in [2.75, 3.05) is 12.4 Å². The fourth-order valence-electron chi connectivity index (χ4n) is 2.21. The zero-order chi connectivity index (χ0) is 12.4. The number of nitrogens with one attached hydrogen (secondary N) is 1. The van der Waals surface area contributed by atoms with Crippen LogP contribution < -0.4 is 5.32 Å². The van der Waals surface area contributed by atoms with Gasteiger partial charge in [-0.05, 0) is 40.1 Å². The number of fused-ring (bicyclic) bond motifs is 1. The molecule has 1 nitrogen and oxygen atoms in total. The highest BCUT2D eigenvalue weighted by Gasteiger charge is 1.99. The van der Waals surface area contributed by atoms with Crippen molar-refractivity contribution in [2.45, 2.75) is 0 Å². The van der Waals surface area contributed by atoms with Crippen molar-refractivity contribution in [3.05, 3.63) is 66.7 Å². The second-order valence-corrected chi connectivity index (χ2v) is 4.39. The number of anilines is 1. The molecule has 3 aromatic carbocycles. The maximum atomic E-state index is 3.17. The normalized spacial score (nSPS) is 10.5. The molecular weight excluding hydrogens is 218 g/mol. The fourth-order valence-corrected chi connectivity index (χ4v) is 2.21. The molecule has 88 valence electrons. The van der Waals surface area contributed by atoms with Crippen molar-refractivity contribution >= 4 is 16.5 Å². The SMILES string of the molecule is CNc1ccc2cc(-c3ccccc3)ccc2c1. The van der Waals surface area contributed by atoms with Crippen LogP contribution in [0.2, 0.25) is 0 Å². The van der Waals surface area contributed by atoms with Crippen LogP contribution in [0.15, 0.2) is 66.7 Å². The first-order valence-electron chi connectivity index (χ1n) is 6.14. The van der Waals surface area contributed by atoms with Crippen LogP contribution in [-0.4, -0.2) is 7.05 Å². The number of benzene rings is 3. The summed E-state index contributed by atoms with van der Waals surface area (Å²) < 4.78 is 0. The Morgan fingerprint density at radius 2 is 1.39 bits per heavy atom. The minimum absolute atomic E-state index is 1.15. The third kappa shape index (κ3) is 1.95. The van der Waals surface area contributed by atoms with Crippen molar-refractivity contribution in [2.24, 2.45) is 0 Å². The molecule has 3 aromatic rings. The largest absolute Gasteiger partial charge is 0.388 e. The highest BCUT2D eigenvalue weighted by molar-refractivity contribution is 5.89. The predicted octanol–water partition coefficient (Wildman–Crippen LogP) is 4.55. The molecule has 0 atom stereocenters. The van der Waals surface area contributed by atoms with Gasteiger partial charge in [-0.25, -0.2) is 0 Å². The van der Waals surface area contributed by atoms with Crippen LogP contribution in [-0.2, 0) is 0 Å². The van der Waals surface area contributed by atoms with E-state index in [2.05, 4.69) is 66.0 Å². The maximum Gasteiger partial charge on any atom is 0.0343 e. The van der Waals surface area contributed by atoms with Crippen LogP contribution in [0.4, 0.5) is 5.69 Å². The van der Waals surface area contributed by atoms with Gasteiger partial charge >= 0.3 is 0 Å². The molecule has 0 saturated heterocycles. The van der Waals surface area contributed by atoms with Gasteiger partial charge in [0, 0.05) is 12.7 Å². The van der Waals surface area contributed by atoms with Gasteiger partial charge in [-0.15, -0.1) is 0 Å². The van der Waals surface area contributed by atoms with E-state index in [0.29, 0.717) is 0 Å². The summed E-state index contributed by atoms with van der Waals surface area (Å²) in [6, 6.07) is 23.5. The zero-order valence-corrected chi connectivity index (χ0v) is 10.4. The molecule has 0 aliphatic carbocycles. The van der Waals surface area contributed by atoms with Gasteiger partial charge in [0.1, 0.15) is 0 Å². The molecule has 18 heavy (non-hydrogen) atoms. The highest BCUT2D eigenvalue weighted by Crippen LogP contribution is 2.26. The summed E-state index contributed by atoms with van der Waals surface area (Å²) in [6.07, 6.45) is 0. The predicted molar refractivity (Wildman–Crippen MR) is 78.9 cm³/mol. The minimum atomic E-state index is 1.15. The average Bonchev–Trinajstić information content (AvgIpc) is 2.47. The molecule has 0 aliphatic heterocycles. The molecule has 1 heteroatoms. The van der Waals surface area contributed by atoms with E-state index in [4.69, 9.17) is 0 Å². The molecule has 0 spiro atoms. The van der Waals surface area contributed by atoms with Crippen molar-refractivity contribution in [3.63, 3.8) is 0 Å². The summed E-state index contributed by atoms with van der Waals surface area (Å²) in [6.45, 7) is 0. The Morgan fingerprint density at radius 3 is 2.17 bits per heavy atom. The van der Waals surface area contributed by atoms with Gasteiger partial charge in [-0.1, -0.05) is 48.5 Å².